The highest BCUT2D eigenvalue weighted by Crippen LogP contribution is 2.33. The molecule has 0 saturated carbocycles. The second-order valence-corrected chi connectivity index (χ2v) is 9.31. The molecule has 9 heteroatoms. The minimum absolute atomic E-state index is 0.145. The van der Waals surface area contributed by atoms with Crippen LogP contribution >= 0.6 is 0 Å². The molecule has 8 nitrogen and oxygen atoms in total. The number of rotatable bonds is 4. The normalized spacial score (nSPS) is 15.7. The van der Waals surface area contributed by atoms with E-state index in [1.54, 1.807) is 6.92 Å². The van der Waals surface area contributed by atoms with Crippen LogP contribution in [0.25, 0.3) is 5.69 Å². The molecule has 0 unspecified atom stereocenters. The quantitative estimate of drug-likeness (QED) is 0.755. The smallest absolute Gasteiger partial charge is 0.314 e. The van der Waals surface area contributed by atoms with E-state index in [0.717, 1.165) is 16.8 Å². The third kappa shape index (κ3) is 3.94. The zero-order valence-corrected chi connectivity index (χ0v) is 17.2. The molecule has 0 radical (unpaired) electrons. The Morgan fingerprint density at radius 3 is 2.57 bits per heavy atom. The number of aryl methyl sites for hydroxylation is 2. The Labute approximate surface area is 164 Å². The van der Waals surface area contributed by atoms with Crippen LogP contribution in [0.2, 0.25) is 0 Å². The Kier molecular flexibility index (Phi) is 5.29. The van der Waals surface area contributed by atoms with Gasteiger partial charge in [-0.3, -0.25) is 9.59 Å². The molecule has 0 bridgehead atoms. The van der Waals surface area contributed by atoms with Crippen molar-refractivity contribution in [2.45, 2.75) is 51.7 Å². The summed E-state index contributed by atoms with van der Waals surface area (Å²) in [5.41, 5.74) is 3.54. The van der Waals surface area contributed by atoms with Crippen molar-refractivity contribution in [1.29, 1.82) is 0 Å². The molecule has 150 valence electrons. The SMILES string of the molecule is CC[C@@H](C)NC(=O)C(=O)Nc1c2c(nn1-c1ccc(C)cc1C)CS(=O)(=O)C2. The van der Waals surface area contributed by atoms with E-state index >= 15 is 0 Å². The third-order valence-corrected chi connectivity index (χ3v) is 6.24. The molecular formula is C19H24N4O4S. The Hall–Kier alpha value is -2.68. The number of fused-ring (bicyclic) bond motifs is 1. The largest absolute Gasteiger partial charge is 0.345 e. The molecule has 2 amide bonds. The molecule has 2 N–H and O–H groups in total. The van der Waals surface area contributed by atoms with E-state index in [9.17, 15) is 18.0 Å². The number of nitrogens with zero attached hydrogens (tertiary/aromatic N) is 2. The predicted molar refractivity (Wildman–Crippen MR) is 106 cm³/mol. The van der Waals surface area contributed by atoms with Gasteiger partial charge in [-0.25, -0.2) is 13.1 Å². The second-order valence-electron chi connectivity index (χ2n) is 7.24. The third-order valence-electron chi connectivity index (χ3n) is 4.80. The summed E-state index contributed by atoms with van der Waals surface area (Å²) in [5.74, 6) is -1.78. The summed E-state index contributed by atoms with van der Waals surface area (Å²) in [4.78, 5) is 24.6. The molecule has 0 saturated heterocycles. The second kappa shape index (κ2) is 7.38. The van der Waals surface area contributed by atoms with Gasteiger partial charge in [-0.2, -0.15) is 5.10 Å². The first-order chi connectivity index (χ1) is 13.1. The highest BCUT2D eigenvalue weighted by Gasteiger charge is 2.34. The topological polar surface area (TPSA) is 110 Å². The molecule has 28 heavy (non-hydrogen) atoms. The van der Waals surface area contributed by atoms with Crippen LogP contribution in [-0.2, 0) is 30.9 Å². The Morgan fingerprint density at radius 2 is 1.93 bits per heavy atom. The first kappa shape index (κ1) is 20.1. The lowest BCUT2D eigenvalue weighted by Crippen LogP contribution is -2.40. The Morgan fingerprint density at radius 1 is 1.21 bits per heavy atom. The van der Waals surface area contributed by atoms with E-state index in [0.29, 0.717) is 17.7 Å². The summed E-state index contributed by atoms with van der Waals surface area (Å²) in [6.07, 6.45) is 0.688. The summed E-state index contributed by atoms with van der Waals surface area (Å²) >= 11 is 0. The zero-order chi connectivity index (χ0) is 20.6. The summed E-state index contributed by atoms with van der Waals surface area (Å²) in [6, 6.07) is 5.59. The van der Waals surface area contributed by atoms with E-state index in [-0.39, 0.29) is 23.4 Å². The molecular weight excluding hydrogens is 380 g/mol. The van der Waals surface area contributed by atoms with Gasteiger partial charge in [0.05, 0.1) is 22.9 Å². The molecule has 0 aliphatic carbocycles. The highest BCUT2D eigenvalue weighted by atomic mass is 32.2. The maximum Gasteiger partial charge on any atom is 0.314 e. The molecule has 1 aromatic heterocycles. The standard InChI is InChI=1S/C19H24N4O4S/c1-5-13(4)20-18(24)19(25)21-17-14-9-28(26,27)10-15(14)22-23(17)16-7-6-11(2)8-12(16)3/h6-8,13H,5,9-10H2,1-4H3,(H,20,24)(H,21,25)/t13-/m1/s1. The van der Waals surface area contributed by atoms with Gasteiger partial charge < -0.3 is 10.6 Å². The Bertz CT molecular complexity index is 1060. The number of anilines is 1. The van der Waals surface area contributed by atoms with Crippen LogP contribution in [0.4, 0.5) is 5.82 Å². The van der Waals surface area contributed by atoms with Crippen molar-refractivity contribution in [1.82, 2.24) is 15.1 Å². The molecule has 3 rings (SSSR count). The van der Waals surface area contributed by atoms with Gasteiger partial charge in [0.2, 0.25) is 0 Å². The number of hydrogen-bond acceptors (Lipinski definition) is 5. The van der Waals surface area contributed by atoms with Crippen molar-refractivity contribution in [2.24, 2.45) is 0 Å². The van der Waals surface area contributed by atoms with Crippen molar-refractivity contribution in [3.63, 3.8) is 0 Å². The average Bonchev–Trinajstić information content (AvgIpc) is 3.07. The summed E-state index contributed by atoms with van der Waals surface area (Å²) in [5, 5.41) is 9.62. The molecule has 1 atom stereocenters. The Balaban J connectivity index is 2.01. The van der Waals surface area contributed by atoms with Crippen molar-refractivity contribution in [3.05, 3.63) is 40.6 Å². The van der Waals surface area contributed by atoms with Gasteiger partial charge in [0.25, 0.3) is 0 Å². The van der Waals surface area contributed by atoms with Crippen molar-refractivity contribution in [3.8, 4) is 5.69 Å². The van der Waals surface area contributed by atoms with Gasteiger partial charge in [0.15, 0.2) is 9.84 Å². The molecule has 0 fully saturated rings. The number of hydrogen-bond donors (Lipinski definition) is 2. The predicted octanol–water partition coefficient (Wildman–Crippen LogP) is 1.77. The lowest BCUT2D eigenvalue weighted by molar-refractivity contribution is -0.136. The van der Waals surface area contributed by atoms with E-state index in [1.165, 1.54) is 4.68 Å². The van der Waals surface area contributed by atoms with Crippen LogP contribution in [0, 0.1) is 13.8 Å². The first-order valence-electron chi connectivity index (χ1n) is 9.12. The van der Waals surface area contributed by atoms with Crippen LogP contribution in [0.1, 0.15) is 42.7 Å². The van der Waals surface area contributed by atoms with Crippen molar-refractivity contribution >= 4 is 27.5 Å². The van der Waals surface area contributed by atoms with Crippen molar-refractivity contribution in [2.75, 3.05) is 5.32 Å². The number of amides is 2. The van der Waals surface area contributed by atoms with Gasteiger partial charge in [-0.05, 0) is 38.8 Å². The lowest BCUT2D eigenvalue weighted by atomic mass is 10.1. The van der Waals surface area contributed by atoms with Gasteiger partial charge in [-0.1, -0.05) is 24.6 Å². The molecule has 1 aromatic carbocycles. The summed E-state index contributed by atoms with van der Waals surface area (Å²) in [6.45, 7) is 7.58. The number of carbonyl (C=O) groups excluding carboxylic acids is 2. The fraction of sp³-hybridized carbons (Fsp3) is 0.421. The van der Waals surface area contributed by atoms with Crippen LogP contribution in [0.5, 0.6) is 0 Å². The van der Waals surface area contributed by atoms with E-state index in [4.69, 9.17) is 0 Å². The fourth-order valence-corrected chi connectivity index (χ4v) is 4.64. The maximum atomic E-state index is 12.4. The summed E-state index contributed by atoms with van der Waals surface area (Å²) in [7, 11) is -3.31. The van der Waals surface area contributed by atoms with E-state index in [1.807, 2.05) is 39.0 Å². The monoisotopic (exact) mass is 404 g/mol. The fourth-order valence-electron chi connectivity index (χ4n) is 3.14. The zero-order valence-electron chi connectivity index (χ0n) is 16.4. The van der Waals surface area contributed by atoms with Gasteiger partial charge in [0, 0.05) is 11.6 Å². The highest BCUT2D eigenvalue weighted by molar-refractivity contribution is 7.90. The van der Waals surface area contributed by atoms with E-state index in [2.05, 4.69) is 15.7 Å². The van der Waals surface area contributed by atoms with E-state index < -0.39 is 21.7 Å². The minimum atomic E-state index is -3.31. The molecule has 0 spiro atoms. The number of sulfone groups is 1. The molecule has 1 aliphatic rings. The van der Waals surface area contributed by atoms with Crippen LogP contribution in [0.3, 0.4) is 0 Å². The molecule has 2 heterocycles. The van der Waals surface area contributed by atoms with Gasteiger partial charge in [0.1, 0.15) is 5.82 Å². The van der Waals surface area contributed by atoms with Gasteiger partial charge in [-0.15, -0.1) is 0 Å². The molecule has 2 aromatic rings. The number of nitrogens with one attached hydrogen (secondary N) is 2. The number of benzene rings is 1. The minimum Gasteiger partial charge on any atom is -0.345 e. The van der Waals surface area contributed by atoms with Gasteiger partial charge >= 0.3 is 11.8 Å². The van der Waals surface area contributed by atoms with Crippen molar-refractivity contribution < 1.29 is 18.0 Å². The van der Waals surface area contributed by atoms with Crippen LogP contribution in [-0.4, -0.2) is 36.1 Å². The maximum absolute atomic E-state index is 12.4. The number of aromatic nitrogens is 2. The number of carbonyl (C=O) groups is 2. The van der Waals surface area contributed by atoms with Crippen LogP contribution < -0.4 is 10.6 Å². The van der Waals surface area contributed by atoms with Crippen LogP contribution in [0.15, 0.2) is 18.2 Å². The average molecular weight is 404 g/mol. The summed E-state index contributed by atoms with van der Waals surface area (Å²) < 4.78 is 25.6. The first-order valence-corrected chi connectivity index (χ1v) is 10.9. The lowest BCUT2D eigenvalue weighted by Gasteiger charge is -2.14. The molecule has 1 aliphatic heterocycles.